The second kappa shape index (κ2) is 8.50. The number of alkyl carbamates (subject to hydrolysis) is 2. The minimum Gasteiger partial charge on any atom is -0.373 e. The lowest BCUT2D eigenvalue weighted by atomic mass is 10.6. The molecule has 0 aliphatic heterocycles. The average Bonchev–Trinajstić information content (AvgIpc) is 2.34. The maximum Gasteiger partial charge on any atom is 0.415 e. The van der Waals surface area contributed by atoms with Gasteiger partial charge in [-0.15, -0.1) is 0 Å². The van der Waals surface area contributed by atoms with Crippen LogP contribution in [0.25, 0.3) is 0 Å². The van der Waals surface area contributed by atoms with Crippen molar-refractivity contribution in [1.82, 2.24) is 10.6 Å². The maximum absolute atomic E-state index is 10.9. The summed E-state index contributed by atoms with van der Waals surface area (Å²) in [6.45, 7) is 6.18. The van der Waals surface area contributed by atoms with Crippen molar-refractivity contribution < 1.29 is 28.7 Å². The van der Waals surface area contributed by atoms with Crippen LogP contribution < -0.4 is 10.6 Å². The first-order valence-electron chi connectivity index (χ1n) is 4.73. The Morgan fingerprint density at radius 3 is 1.44 bits per heavy atom. The van der Waals surface area contributed by atoms with Crippen molar-refractivity contribution in [3.05, 3.63) is 25.3 Å². The molecule has 0 saturated heterocycles. The van der Waals surface area contributed by atoms with Gasteiger partial charge in [0, 0.05) is 25.2 Å². The Balaban J connectivity index is 3.67. The molecule has 0 unspecified atom stereocenters. The quantitative estimate of drug-likeness (QED) is 0.306. The van der Waals surface area contributed by atoms with Crippen LogP contribution in [0, 0.1) is 0 Å². The van der Waals surface area contributed by atoms with E-state index in [1.807, 2.05) is 0 Å². The van der Waals surface area contributed by atoms with Crippen LogP contribution in [0.15, 0.2) is 25.3 Å². The fourth-order valence-electron chi connectivity index (χ4n) is 0.667. The van der Waals surface area contributed by atoms with E-state index < -0.39 is 24.1 Å². The van der Waals surface area contributed by atoms with Crippen LogP contribution in [0.1, 0.15) is 0 Å². The monoisotopic (exact) mass is 256 g/mol. The summed E-state index contributed by atoms with van der Waals surface area (Å²) in [6, 6.07) is 0. The molecule has 18 heavy (non-hydrogen) atoms. The molecular formula is C10H12N2O6. The lowest BCUT2D eigenvalue weighted by Crippen LogP contribution is -2.36. The predicted molar refractivity (Wildman–Crippen MR) is 59.4 cm³/mol. The third kappa shape index (κ3) is 7.63. The van der Waals surface area contributed by atoms with Crippen LogP contribution in [0.5, 0.6) is 0 Å². The predicted octanol–water partition coefficient (Wildman–Crippen LogP) is -0.136. The zero-order chi connectivity index (χ0) is 14.0. The van der Waals surface area contributed by atoms with Crippen LogP contribution in [-0.4, -0.2) is 37.2 Å². The lowest BCUT2D eigenvalue weighted by molar-refractivity contribution is -0.132. The van der Waals surface area contributed by atoms with Crippen LogP contribution in [-0.2, 0) is 19.1 Å². The van der Waals surface area contributed by atoms with E-state index in [0.717, 1.165) is 12.2 Å². The Bertz CT molecular complexity index is 341. The normalized spacial score (nSPS) is 8.67. The highest BCUT2D eigenvalue weighted by molar-refractivity contribution is 5.91. The van der Waals surface area contributed by atoms with E-state index in [1.54, 1.807) is 0 Å². The molecule has 98 valence electrons. The Morgan fingerprint density at radius 1 is 0.833 bits per heavy atom. The van der Waals surface area contributed by atoms with E-state index in [4.69, 9.17) is 0 Å². The fraction of sp³-hybridized carbons (Fsp3) is 0.200. The second-order valence-corrected chi connectivity index (χ2v) is 2.68. The van der Waals surface area contributed by atoms with Crippen molar-refractivity contribution in [2.45, 2.75) is 0 Å². The summed E-state index contributed by atoms with van der Waals surface area (Å²) in [4.78, 5) is 42.9. The van der Waals surface area contributed by atoms with Gasteiger partial charge in [-0.3, -0.25) is 0 Å². The number of ether oxygens (including phenoxy) is 2. The summed E-state index contributed by atoms with van der Waals surface area (Å²) >= 11 is 0. The molecule has 0 atom stereocenters. The van der Waals surface area contributed by atoms with Gasteiger partial charge in [0.1, 0.15) is 0 Å². The van der Waals surface area contributed by atoms with Gasteiger partial charge in [-0.1, -0.05) is 13.2 Å². The second-order valence-electron chi connectivity index (χ2n) is 2.68. The van der Waals surface area contributed by atoms with E-state index in [2.05, 4.69) is 33.3 Å². The van der Waals surface area contributed by atoms with Crippen molar-refractivity contribution in [3.8, 4) is 0 Å². The van der Waals surface area contributed by atoms with Crippen LogP contribution in [0.2, 0.25) is 0 Å². The van der Waals surface area contributed by atoms with E-state index in [0.29, 0.717) is 0 Å². The molecule has 0 fully saturated rings. The number of amides is 2. The van der Waals surface area contributed by atoms with E-state index in [-0.39, 0.29) is 13.1 Å². The molecule has 0 bridgehead atoms. The molecule has 0 aliphatic carbocycles. The van der Waals surface area contributed by atoms with Gasteiger partial charge in [0.05, 0.1) is 0 Å². The average molecular weight is 256 g/mol. The first-order chi connectivity index (χ1) is 8.49. The summed E-state index contributed by atoms with van der Waals surface area (Å²) in [6.07, 6.45) is -0.291. The Labute approximate surface area is 103 Å². The highest BCUT2D eigenvalue weighted by Gasteiger charge is 2.07. The van der Waals surface area contributed by atoms with Gasteiger partial charge >= 0.3 is 24.1 Å². The minimum absolute atomic E-state index is 0.0133. The molecule has 2 N–H and O–H groups in total. The summed E-state index contributed by atoms with van der Waals surface area (Å²) in [5.41, 5.74) is 0. The summed E-state index contributed by atoms with van der Waals surface area (Å²) in [5.74, 6) is -1.78. The number of carbonyl (C=O) groups is 4. The molecule has 8 nitrogen and oxygen atoms in total. The van der Waals surface area contributed by atoms with Crippen molar-refractivity contribution in [2.75, 3.05) is 13.1 Å². The van der Waals surface area contributed by atoms with Gasteiger partial charge in [-0.25, -0.2) is 19.2 Å². The zero-order valence-corrected chi connectivity index (χ0v) is 9.43. The molecule has 0 saturated carbocycles. The maximum atomic E-state index is 10.9. The van der Waals surface area contributed by atoms with Crippen LogP contribution in [0.4, 0.5) is 9.59 Å². The number of carbonyl (C=O) groups excluding carboxylic acids is 4. The van der Waals surface area contributed by atoms with Crippen LogP contribution in [0.3, 0.4) is 0 Å². The minimum atomic E-state index is -0.975. The SMILES string of the molecule is C=CC(=O)OC(=O)NCCNC(=O)OC(=O)C=C. The first-order valence-corrected chi connectivity index (χ1v) is 4.73. The van der Waals surface area contributed by atoms with Crippen molar-refractivity contribution in [3.63, 3.8) is 0 Å². The molecule has 2 amide bonds. The molecule has 8 heteroatoms. The van der Waals surface area contributed by atoms with Gasteiger partial charge in [0.25, 0.3) is 0 Å². The molecule has 0 radical (unpaired) electrons. The summed E-state index contributed by atoms with van der Waals surface area (Å²) in [7, 11) is 0. The number of esters is 2. The topological polar surface area (TPSA) is 111 Å². The van der Waals surface area contributed by atoms with Gasteiger partial charge in [0.2, 0.25) is 0 Å². The first kappa shape index (κ1) is 15.4. The summed E-state index contributed by atoms with van der Waals surface area (Å²) in [5, 5.41) is 4.33. The van der Waals surface area contributed by atoms with Crippen LogP contribution >= 0.6 is 0 Å². The standard InChI is InChI=1S/C10H12N2O6/c1-3-7(13)17-9(15)11-5-6-12-10(16)18-8(14)4-2/h3-4H,1-2,5-6H2,(H,11,15)(H,12,16). The highest BCUT2D eigenvalue weighted by Crippen LogP contribution is 1.82. The van der Waals surface area contributed by atoms with Crippen molar-refractivity contribution in [1.29, 1.82) is 0 Å². The van der Waals surface area contributed by atoms with Crippen molar-refractivity contribution in [2.24, 2.45) is 0 Å². The third-order valence-corrected chi connectivity index (χ3v) is 1.38. The Hall–Kier alpha value is -2.64. The van der Waals surface area contributed by atoms with Gasteiger partial charge in [0.15, 0.2) is 0 Å². The van der Waals surface area contributed by atoms with E-state index >= 15 is 0 Å². The summed E-state index contributed by atoms with van der Waals surface area (Å²) < 4.78 is 8.34. The highest BCUT2D eigenvalue weighted by atomic mass is 16.6. The van der Waals surface area contributed by atoms with Gasteiger partial charge in [-0.2, -0.15) is 0 Å². The van der Waals surface area contributed by atoms with E-state index in [9.17, 15) is 19.2 Å². The molecule has 0 aromatic rings. The lowest BCUT2D eigenvalue weighted by Gasteiger charge is -2.05. The zero-order valence-electron chi connectivity index (χ0n) is 9.43. The molecule has 0 rings (SSSR count). The molecule has 0 aromatic carbocycles. The van der Waals surface area contributed by atoms with Crippen molar-refractivity contribution >= 4 is 24.1 Å². The molecule has 0 aliphatic rings. The number of hydrogen-bond acceptors (Lipinski definition) is 6. The fourth-order valence-corrected chi connectivity index (χ4v) is 0.667. The largest absolute Gasteiger partial charge is 0.415 e. The number of hydrogen-bond donors (Lipinski definition) is 2. The number of nitrogens with one attached hydrogen (secondary N) is 2. The third-order valence-electron chi connectivity index (χ3n) is 1.38. The molecule has 0 spiro atoms. The van der Waals surface area contributed by atoms with E-state index in [1.165, 1.54) is 0 Å². The molecule has 0 heterocycles. The Morgan fingerprint density at radius 2 is 1.17 bits per heavy atom. The smallest absolute Gasteiger partial charge is 0.373 e. The number of rotatable bonds is 5. The molecular weight excluding hydrogens is 244 g/mol. The van der Waals surface area contributed by atoms with Gasteiger partial charge < -0.3 is 20.1 Å². The Kier molecular flexibility index (Phi) is 7.26. The van der Waals surface area contributed by atoms with Gasteiger partial charge in [-0.05, 0) is 0 Å². The molecule has 0 aromatic heterocycles.